The molecule has 1 aromatic rings. The number of rotatable bonds is 8. The SMILES string of the molecule is CCc1cc(CNC(=NC)NCCN(C(C)C)C(C)C)on1. The predicted octanol–water partition coefficient (Wildman–Crippen LogP) is 2.02. The van der Waals surface area contributed by atoms with Gasteiger partial charge >= 0.3 is 0 Å². The molecule has 2 N–H and O–H groups in total. The molecule has 0 bridgehead atoms. The molecule has 1 rings (SSSR count). The molecular weight excluding hydrogens is 278 g/mol. The molecule has 22 heavy (non-hydrogen) atoms. The van der Waals surface area contributed by atoms with Crippen molar-refractivity contribution in [3.63, 3.8) is 0 Å². The molecule has 0 aliphatic rings. The first-order chi connectivity index (χ1) is 10.5. The maximum absolute atomic E-state index is 5.25. The van der Waals surface area contributed by atoms with Crippen molar-refractivity contribution in [1.82, 2.24) is 20.7 Å². The second-order valence-electron chi connectivity index (χ2n) is 5.92. The Labute approximate surface area is 134 Å². The van der Waals surface area contributed by atoms with E-state index < -0.39 is 0 Å². The van der Waals surface area contributed by atoms with Crippen LogP contribution in [0.4, 0.5) is 0 Å². The molecule has 126 valence electrons. The Morgan fingerprint density at radius 3 is 2.45 bits per heavy atom. The summed E-state index contributed by atoms with van der Waals surface area (Å²) < 4.78 is 5.25. The van der Waals surface area contributed by atoms with Gasteiger partial charge in [0.2, 0.25) is 0 Å². The average Bonchev–Trinajstić information content (AvgIpc) is 2.93. The van der Waals surface area contributed by atoms with E-state index >= 15 is 0 Å². The van der Waals surface area contributed by atoms with Gasteiger partial charge in [0.05, 0.1) is 12.2 Å². The minimum Gasteiger partial charge on any atom is -0.359 e. The Morgan fingerprint density at radius 1 is 1.27 bits per heavy atom. The van der Waals surface area contributed by atoms with Crippen molar-refractivity contribution in [2.75, 3.05) is 20.1 Å². The number of aryl methyl sites for hydroxylation is 1. The van der Waals surface area contributed by atoms with Crippen LogP contribution in [0, 0.1) is 0 Å². The summed E-state index contributed by atoms with van der Waals surface area (Å²) in [5.41, 5.74) is 0.976. The lowest BCUT2D eigenvalue weighted by Crippen LogP contribution is -2.45. The van der Waals surface area contributed by atoms with E-state index in [9.17, 15) is 0 Å². The fourth-order valence-electron chi connectivity index (χ4n) is 2.41. The van der Waals surface area contributed by atoms with Crippen LogP contribution in [0.3, 0.4) is 0 Å². The Kier molecular flexibility index (Phi) is 7.95. The van der Waals surface area contributed by atoms with Crippen LogP contribution in [0.15, 0.2) is 15.6 Å². The van der Waals surface area contributed by atoms with Crippen LogP contribution in [0.5, 0.6) is 0 Å². The topological polar surface area (TPSA) is 65.7 Å². The standard InChI is InChI=1S/C16H31N5O/c1-7-14-10-15(22-20-14)11-19-16(17-6)18-8-9-21(12(2)3)13(4)5/h10,12-13H,7-9,11H2,1-6H3,(H2,17,18,19). The van der Waals surface area contributed by atoms with Gasteiger partial charge in [-0.3, -0.25) is 9.89 Å². The lowest BCUT2D eigenvalue weighted by molar-refractivity contribution is 0.178. The first-order valence-electron chi connectivity index (χ1n) is 8.12. The third-order valence-electron chi connectivity index (χ3n) is 3.61. The normalized spacial score (nSPS) is 12.5. The molecule has 0 spiro atoms. The summed E-state index contributed by atoms with van der Waals surface area (Å²) in [4.78, 5) is 6.68. The van der Waals surface area contributed by atoms with Crippen LogP contribution in [0.2, 0.25) is 0 Å². The van der Waals surface area contributed by atoms with E-state index in [1.54, 1.807) is 7.05 Å². The molecule has 1 aromatic heterocycles. The quantitative estimate of drug-likeness (QED) is 0.568. The zero-order valence-electron chi connectivity index (χ0n) is 14.8. The van der Waals surface area contributed by atoms with Gasteiger partial charge < -0.3 is 15.2 Å². The largest absolute Gasteiger partial charge is 0.359 e. The number of hydrogen-bond donors (Lipinski definition) is 2. The number of nitrogens with one attached hydrogen (secondary N) is 2. The Morgan fingerprint density at radius 2 is 1.95 bits per heavy atom. The molecule has 0 saturated carbocycles. The van der Waals surface area contributed by atoms with E-state index in [1.165, 1.54) is 0 Å². The Hall–Kier alpha value is -1.56. The van der Waals surface area contributed by atoms with Gasteiger partial charge in [-0.15, -0.1) is 0 Å². The van der Waals surface area contributed by atoms with Crippen molar-refractivity contribution in [3.05, 3.63) is 17.5 Å². The number of guanidine groups is 1. The summed E-state index contributed by atoms with van der Waals surface area (Å²) in [7, 11) is 1.77. The highest BCUT2D eigenvalue weighted by Crippen LogP contribution is 2.04. The summed E-state index contributed by atoms with van der Waals surface area (Å²) in [6, 6.07) is 3.05. The van der Waals surface area contributed by atoms with Crippen molar-refractivity contribution in [1.29, 1.82) is 0 Å². The molecule has 0 aromatic carbocycles. The molecule has 0 aliphatic carbocycles. The minimum absolute atomic E-state index is 0.540. The highest BCUT2D eigenvalue weighted by Gasteiger charge is 2.12. The molecule has 6 nitrogen and oxygen atoms in total. The molecule has 0 fully saturated rings. The van der Waals surface area contributed by atoms with Crippen LogP contribution in [-0.4, -0.2) is 48.2 Å². The fourth-order valence-corrected chi connectivity index (χ4v) is 2.41. The summed E-state index contributed by atoms with van der Waals surface area (Å²) >= 11 is 0. The monoisotopic (exact) mass is 309 g/mol. The van der Waals surface area contributed by atoms with E-state index in [4.69, 9.17) is 4.52 Å². The second kappa shape index (κ2) is 9.46. The molecule has 1 heterocycles. The molecule has 0 saturated heterocycles. The zero-order chi connectivity index (χ0) is 16.5. The Balaban J connectivity index is 2.36. The molecule has 0 atom stereocenters. The summed E-state index contributed by atoms with van der Waals surface area (Å²) in [6.45, 7) is 13.4. The minimum atomic E-state index is 0.540. The number of hydrogen-bond acceptors (Lipinski definition) is 4. The maximum atomic E-state index is 5.25. The lowest BCUT2D eigenvalue weighted by atomic mass is 10.2. The van der Waals surface area contributed by atoms with Gasteiger partial charge in [0.15, 0.2) is 11.7 Å². The van der Waals surface area contributed by atoms with Crippen molar-refractivity contribution < 1.29 is 4.52 Å². The first-order valence-corrected chi connectivity index (χ1v) is 8.12. The lowest BCUT2D eigenvalue weighted by Gasteiger charge is -2.30. The van der Waals surface area contributed by atoms with Crippen molar-refractivity contribution in [2.24, 2.45) is 4.99 Å². The highest BCUT2D eigenvalue weighted by atomic mass is 16.5. The van der Waals surface area contributed by atoms with E-state index in [-0.39, 0.29) is 0 Å². The smallest absolute Gasteiger partial charge is 0.191 e. The first kappa shape index (κ1) is 18.5. The molecule has 0 aliphatic heterocycles. The zero-order valence-corrected chi connectivity index (χ0v) is 14.8. The van der Waals surface area contributed by atoms with Gasteiger partial charge in [-0.2, -0.15) is 0 Å². The number of nitrogens with zero attached hydrogens (tertiary/aromatic N) is 3. The van der Waals surface area contributed by atoms with Crippen molar-refractivity contribution >= 4 is 5.96 Å². The molecular formula is C16H31N5O. The fraction of sp³-hybridized carbons (Fsp3) is 0.750. The van der Waals surface area contributed by atoms with E-state index in [0.29, 0.717) is 18.6 Å². The van der Waals surface area contributed by atoms with Crippen LogP contribution in [0.25, 0.3) is 0 Å². The van der Waals surface area contributed by atoms with Gasteiger partial charge in [0.25, 0.3) is 0 Å². The van der Waals surface area contributed by atoms with Gasteiger partial charge in [-0.25, -0.2) is 0 Å². The van der Waals surface area contributed by atoms with Gasteiger partial charge in [-0.05, 0) is 34.1 Å². The maximum Gasteiger partial charge on any atom is 0.191 e. The molecule has 6 heteroatoms. The second-order valence-corrected chi connectivity index (χ2v) is 5.92. The average molecular weight is 309 g/mol. The highest BCUT2D eigenvalue weighted by molar-refractivity contribution is 5.79. The molecule has 0 radical (unpaired) electrons. The van der Waals surface area contributed by atoms with Crippen LogP contribution < -0.4 is 10.6 Å². The summed E-state index contributed by atoms with van der Waals surface area (Å²) in [6.07, 6.45) is 0.886. The predicted molar refractivity (Wildman–Crippen MR) is 91.1 cm³/mol. The van der Waals surface area contributed by atoms with Gasteiger partial charge in [0.1, 0.15) is 0 Å². The third-order valence-corrected chi connectivity index (χ3v) is 3.61. The van der Waals surface area contributed by atoms with Crippen molar-refractivity contribution in [2.45, 2.75) is 59.7 Å². The van der Waals surface area contributed by atoms with Gasteiger partial charge in [0, 0.05) is 38.3 Å². The molecule has 0 unspecified atom stereocenters. The van der Waals surface area contributed by atoms with Crippen LogP contribution in [-0.2, 0) is 13.0 Å². The number of aromatic nitrogens is 1. The van der Waals surface area contributed by atoms with Crippen LogP contribution in [0.1, 0.15) is 46.1 Å². The van der Waals surface area contributed by atoms with E-state index in [0.717, 1.165) is 36.9 Å². The Bertz CT molecular complexity index is 445. The third kappa shape index (κ3) is 6.05. The van der Waals surface area contributed by atoms with E-state index in [2.05, 4.69) is 60.3 Å². The summed E-state index contributed by atoms with van der Waals surface area (Å²) in [5.74, 6) is 1.60. The van der Waals surface area contributed by atoms with Crippen LogP contribution >= 0.6 is 0 Å². The molecule has 0 amide bonds. The van der Waals surface area contributed by atoms with E-state index in [1.807, 2.05) is 6.07 Å². The van der Waals surface area contributed by atoms with Crippen molar-refractivity contribution in [3.8, 4) is 0 Å². The summed E-state index contributed by atoms with van der Waals surface area (Å²) in [5, 5.41) is 10.6. The van der Waals surface area contributed by atoms with Gasteiger partial charge in [-0.1, -0.05) is 12.1 Å². The number of aliphatic imine (C=N–C) groups is 1.